The van der Waals surface area contributed by atoms with Crippen molar-refractivity contribution in [3.8, 4) is 0 Å². The molecule has 0 aliphatic carbocycles. The maximum Gasteiger partial charge on any atom is 0.309 e. The molecule has 0 spiro atoms. The number of ketones is 1. The molecule has 0 bridgehead atoms. The van der Waals surface area contributed by atoms with E-state index in [-0.39, 0.29) is 35.9 Å². The predicted octanol–water partition coefficient (Wildman–Crippen LogP) is 3.60. The Morgan fingerprint density at radius 2 is 1.52 bits per heavy atom. The fourth-order valence-corrected chi connectivity index (χ4v) is 5.91. The molecule has 0 unspecified atom stereocenters. The van der Waals surface area contributed by atoms with Crippen LogP contribution < -0.4 is 0 Å². The highest BCUT2D eigenvalue weighted by atomic mass is 16.6. The third-order valence-electron chi connectivity index (χ3n) is 8.00. The van der Waals surface area contributed by atoms with Gasteiger partial charge in [-0.2, -0.15) is 0 Å². The summed E-state index contributed by atoms with van der Waals surface area (Å²) in [5, 5.41) is 33.5. The molecule has 6 heteroatoms. The molecule has 1 saturated heterocycles. The lowest BCUT2D eigenvalue weighted by Crippen LogP contribution is -2.56. The standard InChI is InChI=1S/C25H46O6/c1-11-19-25(10,30)22(27)18(8)21(26)14(4)12-24(9,29)20(13(2)3)16(6)15(5)17(7)23(28)31-19/h13-20,22,27,29-30H,11-12H2,1-10H3/t14-,15+,16+,17-,18+,19-,20-,22-,24-,25-/m1/s1. The van der Waals surface area contributed by atoms with Crippen LogP contribution in [0, 0.1) is 41.4 Å². The van der Waals surface area contributed by atoms with E-state index in [0.717, 1.165) is 0 Å². The van der Waals surface area contributed by atoms with Crippen LogP contribution in [-0.2, 0) is 14.3 Å². The first kappa shape index (κ1) is 28.1. The molecular weight excluding hydrogens is 396 g/mol. The molecule has 0 radical (unpaired) electrons. The number of hydrogen-bond acceptors (Lipinski definition) is 6. The highest BCUT2D eigenvalue weighted by molar-refractivity contribution is 5.83. The van der Waals surface area contributed by atoms with E-state index in [1.165, 1.54) is 6.92 Å². The molecule has 0 saturated carbocycles. The van der Waals surface area contributed by atoms with Gasteiger partial charge in [0.15, 0.2) is 0 Å². The van der Waals surface area contributed by atoms with Crippen molar-refractivity contribution in [3.63, 3.8) is 0 Å². The van der Waals surface area contributed by atoms with E-state index in [1.54, 1.807) is 27.7 Å². The summed E-state index contributed by atoms with van der Waals surface area (Å²) < 4.78 is 5.70. The first-order chi connectivity index (χ1) is 14.0. The topological polar surface area (TPSA) is 104 Å². The van der Waals surface area contributed by atoms with Crippen molar-refractivity contribution in [1.29, 1.82) is 0 Å². The Labute approximate surface area is 188 Å². The number of rotatable bonds is 2. The highest BCUT2D eigenvalue weighted by Gasteiger charge is 2.49. The van der Waals surface area contributed by atoms with Crippen molar-refractivity contribution < 1.29 is 29.6 Å². The molecule has 1 rings (SSSR count). The molecule has 1 fully saturated rings. The molecule has 1 aliphatic rings. The molecule has 0 aromatic carbocycles. The van der Waals surface area contributed by atoms with Gasteiger partial charge in [0.1, 0.15) is 17.5 Å². The van der Waals surface area contributed by atoms with Crippen LogP contribution in [0.15, 0.2) is 0 Å². The van der Waals surface area contributed by atoms with E-state index in [9.17, 15) is 24.9 Å². The van der Waals surface area contributed by atoms with Gasteiger partial charge in [-0.3, -0.25) is 9.59 Å². The monoisotopic (exact) mass is 442 g/mol. The number of hydrogen-bond donors (Lipinski definition) is 3. The second-order valence-electron chi connectivity index (χ2n) is 10.9. The van der Waals surface area contributed by atoms with Crippen molar-refractivity contribution in [2.24, 2.45) is 41.4 Å². The average Bonchev–Trinajstić information content (AvgIpc) is 2.66. The van der Waals surface area contributed by atoms with E-state index in [0.29, 0.717) is 6.42 Å². The molecule has 182 valence electrons. The van der Waals surface area contributed by atoms with Gasteiger partial charge in [0.2, 0.25) is 0 Å². The lowest BCUT2D eigenvalue weighted by atomic mass is 9.64. The van der Waals surface area contributed by atoms with Gasteiger partial charge in [-0.25, -0.2) is 0 Å². The van der Waals surface area contributed by atoms with E-state index in [2.05, 4.69) is 13.8 Å². The zero-order valence-corrected chi connectivity index (χ0v) is 21.2. The first-order valence-corrected chi connectivity index (χ1v) is 11.9. The number of cyclic esters (lactones) is 1. The Morgan fingerprint density at radius 3 is 1.97 bits per heavy atom. The molecular formula is C25H46O6. The van der Waals surface area contributed by atoms with Gasteiger partial charge in [-0.05, 0) is 50.4 Å². The summed E-state index contributed by atoms with van der Waals surface area (Å²) in [6.07, 6.45) is -1.77. The number of aliphatic hydroxyl groups excluding tert-OH is 1. The number of Topliss-reactive ketones (excluding diaryl/α,β-unsaturated/α-hetero) is 1. The average molecular weight is 443 g/mol. The SMILES string of the molecule is CC[C@H]1OC(=O)[C@H](C)[C@@H](C)[C@H](C)[C@@H](C(C)C)[C@](C)(O)C[C@@H](C)C(=O)[C@H](C)[C@@H](O)[C@]1(C)O. The number of esters is 1. The molecule has 0 aromatic rings. The van der Waals surface area contributed by atoms with Crippen molar-refractivity contribution in [1.82, 2.24) is 0 Å². The Hall–Kier alpha value is -0.980. The molecule has 3 N–H and O–H groups in total. The quantitative estimate of drug-likeness (QED) is 0.565. The molecule has 31 heavy (non-hydrogen) atoms. The highest BCUT2D eigenvalue weighted by Crippen LogP contribution is 2.42. The lowest BCUT2D eigenvalue weighted by Gasteiger charge is -2.45. The van der Waals surface area contributed by atoms with E-state index in [1.807, 2.05) is 20.8 Å². The summed E-state index contributed by atoms with van der Waals surface area (Å²) in [7, 11) is 0. The maximum absolute atomic E-state index is 13.1. The molecule has 0 amide bonds. The Kier molecular flexibility index (Phi) is 9.33. The smallest absolute Gasteiger partial charge is 0.309 e. The first-order valence-electron chi connectivity index (χ1n) is 11.9. The predicted molar refractivity (Wildman–Crippen MR) is 121 cm³/mol. The summed E-state index contributed by atoms with van der Waals surface area (Å²) >= 11 is 0. The zero-order valence-electron chi connectivity index (χ0n) is 21.2. The normalized spacial score (nSPS) is 46.5. The minimum Gasteiger partial charge on any atom is -0.459 e. The Balaban J connectivity index is 3.53. The second kappa shape index (κ2) is 10.3. The zero-order chi connectivity index (χ0) is 24.5. The van der Waals surface area contributed by atoms with Gasteiger partial charge in [0.25, 0.3) is 0 Å². The minimum absolute atomic E-state index is 0.00797. The van der Waals surface area contributed by atoms with Gasteiger partial charge in [0, 0.05) is 11.8 Å². The summed E-state index contributed by atoms with van der Waals surface area (Å²) in [4.78, 5) is 26.1. The molecule has 10 atom stereocenters. The van der Waals surface area contributed by atoms with Crippen LogP contribution in [0.3, 0.4) is 0 Å². The van der Waals surface area contributed by atoms with Crippen molar-refractivity contribution in [2.75, 3.05) is 0 Å². The molecule has 1 aliphatic heterocycles. The summed E-state index contributed by atoms with van der Waals surface area (Å²) in [6, 6.07) is 0. The fourth-order valence-electron chi connectivity index (χ4n) is 5.91. The van der Waals surface area contributed by atoms with Crippen LogP contribution in [0.2, 0.25) is 0 Å². The second-order valence-corrected chi connectivity index (χ2v) is 10.9. The van der Waals surface area contributed by atoms with E-state index >= 15 is 0 Å². The van der Waals surface area contributed by atoms with Gasteiger partial charge >= 0.3 is 5.97 Å². The van der Waals surface area contributed by atoms with Crippen LogP contribution in [0.4, 0.5) is 0 Å². The van der Waals surface area contributed by atoms with E-state index < -0.39 is 47.1 Å². The Bertz CT molecular complexity index is 626. The van der Waals surface area contributed by atoms with Crippen LogP contribution >= 0.6 is 0 Å². The van der Waals surface area contributed by atoms with Gasteiger partial charge in [-0.1, -0.05) is 55.4 Å². The number of carbonyl (C=O) groups excluding carboxylic acids is 2. The summed E-state index contributed by atoms with van der Waals surface area (Å²) in [6.45, 7) is 18.3. The number of aliphatic hydroxyl groups is 3. The Morgan fingerprint density at radius 1 is 1.00 bits per heavy atom. The van der Waals surface area contributed by atoms with Crippen LogP contribution in [0.5, 0.6) is 0 Å². The number of ether oxygens (including phenoxy) is 1. The third kappa shape index (κ3) is 5.88. The van der Waals surface area contributed by atoms with Crippen LogP contribution in [0.1, 0.15) is 82.1 Å². The molecule has 6 nitrogen and oxygen atoms in total. The molecule has 1 heterocycles. The third-order valence-corrected chi connectivity index (χ3v) is 8.00. The van der Waals surface area contributed by atoms with Crippen LogP contribution in [-0.4, -0.2) is 50.5 Å². The van der Waals surface area contributed by atoms with Crippen molar-refractivity contribution in [3.05, 3.63) is 0 Å². The minimum atomic E-state index is -1.78. The summed E-state index contributed by atoms with van der Waals surface area (Å²) in [5.41, 5.74) is -2.91. The van der Waals surface area contributed by atoms with Gasteiger partial charge in [0.05, 0.1) is 17.6 Å². The van der Waals surface area contributed by atoms with Crippen molar-refractivity contribution >= 4 is 11.8 Å². The fraction of sp³-hybridized carbons (Fsp3) is 0.920. The largest absolute Gasteiger partial charge is 0.459 e. The van der Waals surface area contributed by atoms with Gasteiger partial charge < -0.3 is 20.1 Å². The van der Waals surface area contributed by atoms with Gasteiger partial charge in [-0.15, -0.1) is 0 Å². The number of carbonyl (C=O) groups is 2. The van der Waals surface area contributed by atoms with Crippen molar-refractivity contribution in [2.45, 2.75) is 105 Å². The molecule has 0 aromatic heterocycles. The van der Waals surface area contributed by atoms with Crippen LogP contribution in [0.25, 0.3) is 0 Å². The lowest BCUT2D eigenvalue weighted by molar-refractivity contribution is -0.192. The van der Waals surface area contributed by atoms with E-state index in [4.69, 9.17) is 4.74 Å². The summed E-state index contributed by atoms with van der Waals surface area (Å²) in [5.74, 6) is -2.58. The maximum atomic E-state index is 13.1.